The Hall–Kier alpha value is -3.65. The minimum absolute atomic E-state index is 0.0858. The molecule has 0 radical (unpaired) electrons. The summed E-state index contributed by atoms with van der Waals surface area (Å²) in [5.74, 6) is 0.228. The van der Waals surface area contributed by atoms with Crippen LogP contribution in [0.5, 0.6) is 0 Å². The number of hydrogen-bond acceptors (Lipinski definition) is 6. The maximum Gasteiger partial charge on any atom is 0.228 e. The molecule has 2 heterocycles. The van der Waals surface area contributed by atoms with Crippen molar-refractivity contribution in [3.8, 4) is 22.0 Å². The van der Waals surface area contributed by atoms with E-state index in [0.29, 0.717) is 16.6 Å². The van der Waals surface area contributed by atoms with Gasteiger partial charge >= 0.3 is 0 Å². The molecule has 0 unspecified atom stereocenters. The Kier molecular flexibility index (Phi) is 5.76. The van der Waals surface area contributed by atoms with Crippen molar-refractivity contribution in [1.29, 1.82) is 0 Å². The highest BCUT2D eigenvalue weighted by molar-refractivity contribution is 7.19. The largest absolute Gasteiger partial charge is 0.302 e. The fourth-order valence-corrected chi connectivity index (χ4v) is 3.58. The zero-order chi connectivity index (χ0) is 20.9. The Labute approximate surface area is 178 Å². The third-order valence-corrected chi connectivity index (χ3v) is 5.23. The third-order valence-electron chi connectivity index (χ3n) is 4.26. The molecule has 7 nitrogen and oxygen atoms in total. The van der Waals surface area contributed by atoms with Crippen molar-refractivity contribution in [3.63, 3.8) is 0 Å². The van der Waals surface area contributed by atoms with Gasteiger partial charge in [-0.15, -0.1) is 15.0 Å². The lowest BCUT2D eigenvalue weighted by Gasteiger charge is -2.03. The van der Waals surface area contributed by atoms with Crippen LogP contribution in [0.4, 0.5) is 5.13 Å². The summed E-state index contributed by atoms with van der Waals surface area (Å²) in [7, 11) is 0. The van der Waals surface area contributed by atoms with Gasteiger partial charge in [-0.3, -0.25) is 4.79 Å². The van der Waals surface area contributed by atoms with Crippen LogP contribution < -0.4 is 5.32 Å². The van der Waals surface area contributed by atoms with Crippen molar-refractivity contribution in [2.75, 3.05) is 5.32 Å². The van der Waals surface area contributed by atoms with Gasteiger partial charge < -0.3 is 5.32 Å². The number of thiazole rings is 1. The molecular formula is C22H20N6OS. The van der Waals surface area contributed by atoms with Gasteiger partial charge in [0.25, 0.3) is 0 Å². The fraction of sp³-hybridized carbons (Fsp3) is 0.136. The van der Waals surface area contributed by atoms with Crippen molar-refractivity contribution < 1.29 is 4.79 Å². The molecule has 30 heavy (non-hydrogen) atoms. The van der Waals surface area contributed by atoms with E-state index in [0.717, 1.165) is 16.0 Å². The highest BCUT2D eigenvalue weighted by Gasteiger charge is 2.20. The minimum atomic E-state index is -0.139. The number of nitrogens with zero attached hydrogens (tertiary/aromatic N) is 5. The zero-order valence-corrected chi connectivity index (χ0v) is 17.4. The van der Waals surface area contributed by atoms with Gasteiger partial charge in [0.1, 0.15) is 4.88 Å². The van der Waals surface area contributed by atoms with Crippen molar-refractivity contribution in [2.24, 2.45) is 5.92 Å². The van der Waals surface area contributed by atoms with E-state index >= 15 is 0 Å². The topological polar surface area (TPSA) is 85.6 Å². The van der Waals surface area contributed by atoms with E-state index in [1.165, 1.54) is 16.1 Å². The zero-order valence-electron chi connectivity index (χ0n) is 16.6. The molecule has 0 aliphatic heterocycles. The number of nitrogens with one attached hydrogen (secondary N) is 1. The summed E-state index contributed by atoms with van der Waals surface area (Å²) in [6.45, 7) is 3.68. The lowest BCUT2D eigenvalue weighted by Crippen LogP contribution is -2.17. The average Bonchev–Trinajstić information content (AvgIpc) is 3.40. The molecule has 0 bridgehead atoms. The SMILES string of the molecule is CC(C)C(=O)Nc1nc(-c2ccccc2)c(-c2nnn(C=Cc3ccccc3)n2)s1. The van der Waals surface area contributed by atoms with Crippen LogP contribution in [0.2, 0.25) is 0 Å². The molecule has 2 aromatic carbocycles. The first-order valence-electron chi connectivity index (χ1n) is 9.50. The van der Waals surface area contributed by atoms with Gasteiger partial charge in [0.15, 0.2) is 5.13 Å². The molecule has 2 aromatic heterocycles. The monoisotopic (exact) mass is 416 g/mol. The van der Waals surface area contributed by atoms with Gasteiger partial charge in [0, 0.05) is 11.5 Å². The van der Waals surface area contributed by atoms with E-state index in [2.05, 4.69) is 25.7 Å². The van der Waals surface area contributed by atoms with Crippen LogP contribution in [0.15, 0.2) is 60.7 Å². The maximum atomic E-state index is 12.1. The molecule has 8 heteroatoms. The van der Waals surface area contributed by atoms with Crippen molar-refractivity contribution in [1.82, 2.24) is 25.2 Å². The number of anilines is 1. The Bertz CT molecular complexity index is 1160. The number of carbonyl (C=O) groups is 1. The van der Waals surface area contributed by atoms with Crippen molar-refractivity contribution in [2.45, 2.75) is 13.8 Å². The number of rotatable bonds is 6. The highest BCUT2D eigenvalue weighted by atomic mass is 32.1. The number of aromatic nitrogens is 5. The molecule has 1 N–H and O–H groups in total. The number of tetrazole rings is 1. The van der Waals surface area contributed by atoms with Crippen LogP contribution in [0, 0.1) is 5.92 Å². The van der Waals surface area contributed by atoms with Gasteiger partial charge in [0.05, 0.1) is 11.9 Å². The minimum Gasteiger partial charge on any atom is -0.302 e. The molecule has 1 amide bonds. The van der Waals surface area contributed by atoms with Crippen LogP contribution in [0.1, 0.15) is 19.4 Å². The number of hydrogen-bond donors (Lipinski definition) is 1. The molecule has 0 saturated carbocycles. The van der Waals surface area contributed by atoms with Crippen LogP contribution in [0.25, 0.3) is 34.2 Å². The predicted molar refractivity (Wildman–Crippen MR) is 119 cm³/mol. The Balaban J connectivity index is 1.67. The van der Waals surface area contributed by atoms with Gasteiger partial charge in [0.2, 0.25) is 11.7 Å². The smallest absolute Gasteiger partial charge is 0.228 e. The van der Waals surface area contributed by atoms with Crippen molar-refractivity contribution in [3.05, 3.63) is 66.2 Å². The third kappa shape index (κ3) is 4.49. The van der Waals surface area contributed by atoms with Gasteiger partial charge in [-0.1, -0.05) is 85.8 Å². The molecule has 0 spiro atoms. The maximum absolute atomic E-state index is 12.1. The first-order valence-corrected chi connectivity index (χ1v) is 10.3. The summed E-state index contributed by atoms with van der Waals surface area (Å²) >= 11 is 1.34. The summed E-state index contributed by atoms with van der Waals surface area (Å²) < 4.78 is 0. The summed E-state index contributed by atoms with van der Waals surface area (Å²) in [5.41, 5.74) is 2.68. The molecule has 0 aliphatic rings. The molecule has 0 aliphatic carbocycles. The summed E-state index contributed by atoms with van der Waals surface area (Å²) in [6.07, 6.45) is 3.65. The standard InChI is InChI=1S/C22H20N6OS/c1-15(2)21(29)24-22-23-18(17-11-7-4-8-12-17)19(30-22)20-25-27-28(26-20)14-13-16-9-5-3-6-10-16/h3-15H,1-2H3,(H,23,24,29). The Morgan fingerprint density at radius 2 is 1.77 bits per heavy atom. The van der Waals surface area contributed by atoms with Crippen LogP contribution in [-0.2, 0) is 4.79 Å². The van der Waals surface area contributed by atoms with E-state index in [1.807, 2.05) is 80.6 Å². The summed E-state index contributed by atoms with van der Waals surface area (Å²) in [4.78, 5) is 18.9. The number of benzene rings is 2. The molecule has 150 valence electrons. The van der Waals surface area contributed by atoms with Crippen LogP contribution >= 0.6 is 11.3 Å². The van der Waals surface area contributed by atoms with E-state index < -0.39 is 0 Å². The average molecular weight is 417 g/mol. The molecule has 0 fully saturated rings. The summed E-state index contributed by atoms with van der Waals surface area (Å²) in [5, 5.41) is 16.2. The molecule has 0 atom stereocenters. The van der Waals surface area contributed by atoms with Gasteiger partial charge in [-0.05, 0) is 16.9 Å². The first-order chi connectivity index (χ1) is 14.6. The highest BCUT2D eigenvalue weighted by Crippen LogP contribution is 2.37. The number of carbonyl (C=O) groups excluding carboxylic acids is 1. The normalized spacial score (nSPS) is 11.3. The second kappa shape index (κ2) is 8.79. The van der Waals surface area contributed by atoms with E-state index in [1.54, 1.807) is 6.20 Å². The van der Waals surface area contributed by atoms with E-state index in [4.69, 9.17) is 0 Å². The Morgan fingerprint density at radius 1 is 1.07 bits per heavy atom. The first kappa shape index (κ1) is 19.7. The van der Waals surface area contributed by atoms with Gasteiger partial charge in [-0.25, -0.2) is 4.98 Å². The quantitative estimate of drug-likeness (QED) is 0.493. The lowest BCUT2D eigenvalue weighted by atomic mass is 10.1. The van der Waals surface area contributed by atoms with Crippen LogP contribution in [0.3, 0.4) is 0 Å². The predicted octanol–water partition coefficient (Wildman–Crippen LogP) is 4.69. The van der Waals surface area contributed by atoms with Crippen molar-refractivity contribution >= 4 is 34.7 Å². The Morgan fingerprint density at radius 3 is 2.47 bits per heavy atom. The molecular weight excluding hydrogens is 396 g/mol. The molecule has 4 aromatic rings. The second-order valence-corrected chi connectivity index (χ2v) is 7.87. The molecule has 0 saturated heterocycles. The molecule has 4 rings (SSSR count). The van der Waals surface area contributed by atoms with Crippen LogP contribution in [-0.4, -0.2) is 31.1 Å². The second-order valence-electron chi connectivity index (χ2n) is 6.87. The fourth-order valence-electron chi connectivity index (χ4n) is 2.66. The lowest BCUT2D eigenvalue weighted by molar-refractivity contribution is -0.118. The number of amides is 1. The van der Waals surface area contributed by atoms with E-state index in [-0.39, 0.29) is 11.8 Å². The van der Waals surface area contributed by atoms with Gasteiger partial charge in [-0.2, -0.15) is 0 Å². The summed E-state index contributed by atoms with van der Waals surface area (Å²) in [6, 6.07) is 19.7. The van der Waals surface area contributed by atoms with E-state index in [9.17, 15) is 4.79 Å².